The number of aromatic nitrogens is 1. The summed E-state index contributed by atoms with van der Waals surface area (Å²) in [4.78, 5) is 25.9. The van der Waals surface area contributed by atoms with E-state index in [4.69, 9.17) is 0 Å². The molecule has 0 aliphatic carbocycles. The van der Waals surface area contributed by atoms with Crippen molar-refractivity contribution in [2.75, 3.05) is 16.8 Å². The van der Waals surface area contributed by atoms with Gasteiger partial charge >= 0.3 is 0 Å². The van der Waals surface area contributed by atoms with Gasteiger partial charge in [-0.25, -0.2) is 4.98 Å². The van der Waals surface area contributed by atoms with Gasteiger partial charge in [0, 0.05) is 5.75 Å². The van der Waals surface area contributed by atoms with Crippen molar-refractivity contribution in [3.05, 3.63) is 24.3 Å². The Morgan fingerprint density at radius 3 is 2.83 bits per heavy atom. The number of nitrogens with zero attached hydrogens (tertiary/aromatic N) is 1. The fourth-order valence-corrected chi connectivity index (χ4v) is 2.72. The van der Waals surface area contributed by atoms with Gasteiger partial charge in [-0.1, -0.05) is 23.5 Å². The number of anilines is 1. The Morgan fingerprint density at radius 2 is 2.11 bits per heavy atom. The highest BCUT2D eigenvalue weighted by Crippen LogP contribution is 2.25. The lowest BCUT2D eigenvalue weighted by Gasteiger charge is -2.02. The van der Waals surface area contributed by atoms with E-state index >= 15 is 0 Å². The van der Waals surface area contributed by atoms with Crippen LogP contribution in [0.2, 0.25) is 0 Å². The standard InChI is InChI=1S/C11H10N2O3S2/c14-9(5-17-6-10(15)16)13-11-12-7-3-1-2-4-8(7)18-11/h1-4H,5-6H2,(H,15,16)(H,12,13,14)/p-1. The molecule has 0 spiro atoms. The molecular weight excluding hydrogens is 272 g/mol. The van der Waals surface area contributed by atoms with E-state index in [1.807, 2.05) is 24.3 Å². The molecule has 0 atom stereocenters. The van der Waals surface area contributed by atoms with Crippen LogP contribution in [-0.2, 0) is 9.59 Å². The maximum Gasteiger partial charge on any atom is 0.236 e. The first-order valence-corrected chi connectivity index (χ1v) is 7.05. The highest BCUT2D eigenvalue weighted by molar-refractivity contribution is 8.00. The number of benzene rings is 1. The number of carbonyl (C=O) groups is 2. The van der Waals surface area contributed by atoms with Crippen LogP contribution in [0.3, 0.4) is 0 Å². The third-order valence-electron chi connectivity index (χ3n) is 1.99. The van der Waals surface area contributed by atoms with Crippen LogP contribution >= 0.6 is 23.1 Å². The van der Waals surface area contributed by atoms with E-state index in [2.05, 4.69) is 10.3 Å². The van der Waals surface area contributed by atoms with Crippen LogP contribution in [0.4, 0.5) is 5.13 Å². The minimum Gasteiger partial charge on any atom is -0.549 e. The van der Waals surface area contributed by atoms with Gasteiger partial charge in [0.05, 0.1) is 21.9 Å². The van der Waals surface area contributed by atoms with Gasteiger partial charge in [-0.05, 0) is 12.1 Å². The molecule has 0 fully saturated rings. The minimum atomic E-state index is -1.17. The number of carbonyl (C=O) groups excluding carboxylic acids is 2. The van der Waals surface area contributed by atoms with E-state index in [1.54, 1.807) is 0 Å². The van der Waals surface area contributed by atoms with Crippen molar-refractivity contribution < 1.29 is 14.7 Å². The molecule has 18 heavy (non-hydrogen) atoms. The van der Waals surface area contributed by atoms with E-state index in [-0.39, 0.29) is 17.4 Å². The number of nitrogens with one attached hydrogen (secondary N) is 1. The molecule has 1 aromatic carbocycles. The van der Waals surface area contributed by atoms with E-state index in [0.29, 0.717) is 5.13 Å². The number of hydrogen-bond acceptors (Lipinski definition) is 6. The Hall–Kier alpha value is -1.60. The maximum atomic E-state index is 11.5. The quantitative estimate of drug-likeness (QED) is 0.873. The van der Waals surface area contributed by atoms with Crippen molar-refractivity contribution in [3.63, 3.8) is 0 Å². The summed E-state index contributed by atoms with van der Waals surface area (Å²) >= 11 is 2.38. The molecule has 1 N–H and O–H groups in total. The molecule has 7 heteroatoms. The molecule has 1 heterocycles. The number of hydrogen-bond donors (Lipinski definition) is 1. The molecule has 1 aromatic heterocycles. The van der Waals surface area contributed by atoms with Gasteiger partial charge in [-0.15, -0.1) is 11.8 Å². The highest BCUT2D eigenvalue weighted by atomic mass is 32.2. The summed E-state index contributed by atoms with van der Waals surface area (Å²) in [5.74, 6) is -1.55. The van der Waals surface area contributed by atoms with Crippen molar-refractivity contribution in [3.8, 4) is 0 Å². The van der Waals surface area contributed by atoms with Gasteiger partial charge in [0.1, 0.15) is 0 Å². The molecule has 0 unspecified atom stereocenters. The normalized spacial score (nSPS) is 10.4. The lowest BCUT2D eigenvalue weighted by atomic mass is 10.3. The molecule has 0 radical (unpaired) electrons. The van der Waals surface area contributed by atoms with Crippen molar-refractivity contribution in [2.24, 2.45) is 0 Å². The summed E-state index contributed by atoms with van der Waals surface area (Å²) in [6, 6.07) is 7.57. The number of carboxylic acids is 1. The Balaban J connectivity index is 1.92. The van der Waals surface area contributed by atoms with Gasteiger partial charge in [-0.2, -0.15) is 0 Å². The van der Waals surface area contributed by atoms with Gasteiger partial charge in [0.25, 0.3) is 0 Å². The molecule has 5 nitrogen and oxygen atoms in total. The van der Waals surface area contributed by atoms with Crippen molar-refractivity contribution in [1.29, 1.82) is 0 Å². The number of para-hydroxylation sites is 1. The maximum absolute atomic E-state index is 11.5. The molecular formula is C11H9N2O3S2-. The number of aliphatic carboxylic acids is 1. The minimum absolute atomic E-state index is 0.0733. The zero-order valence-corrected chi connectivity index (χ0v) is 10.8. The van der Waals surface area contributed by atoms with Crippen LogP contribution < -0.4 is 10.4 Å². The summed E-state index contributed by atoms with van der Waals surface area (Å²) in [5, 5.41) is 13.3. The molecule has 1 amide bonds. The molecule has 0 aliphatic rings. The first-order chi connectivity index (χ1) is 8.65. The lowest BCUT2D eigenvalue weighted by Crippen LogP contribution is -2.25. The molecule has 0 bridgehead atoms. The van der Waals surface area contributed by atoms with Gasteiger partial charge in [0.15, 0.2) is 5.13 Å². The van der Waals surface area contributed by atoms with Gasteiger partial charge in [-0.3, -0.25) is 4.79 Å². The van der Waals surface area contributed by atoms with E-state index < -0.39 is 5.97 Å². The molecule has 2 aromatic rings. The first-order valence-electron chi connectivity index (χ1n) is 5.08. The highest BCUT2D eigenvalue weighted by Gasteiger charge is 2.07. The van der Waals surface area contributed by atoms with Crippen LogP contribution in [0.15, 0.2) is 24.3 Å². The van der Waals surface area contributed by atoms with Gasteiger partial charge in [0.2, 0.25) is 5.91 Å². The largest absolute Gasteiger partial charge is 0.549 e. The first kappa shape index (κ1) is 12.8. The number of rotatable bonds is 5. The number of thioether (sulfide) groups is 1. The van der Waals surface area contributed by atoms with E-state index in [9.17, 15) is 14.7 Å². The zero-order valence-electron chi connectivity index (χ0n) is 9.21. The summed E-state index contributed by atoms with van der Waals surface area (Å²) < 4.78 is 0.996. The Bertz CT molecular complexity index is 549. The lowest BCUT2D eigenvalue weighted by molar-refractivity contribution is -0.301. The van der Waals surface area contributed by atoms with Crippen molar-refractivity contribution in [2.45, 2.75) is 0 Å². The fourth-order valence-electron chi connectivity index (χ4n) is 1.31. The molecule has 0 saturated carbocycles. The molecule has 0 saturated heterocycles. The molecule has 2 rings (SSSR count). The molecule has 0 aliphatic heterocycles. The van der Waals surface area contributed by atoms with Crippen LogP contribution in [-0.4, -0.2) is 28.4 Å². The zero-order chi connectivity index (χ0) is 13.0. The Kier molecular flexibility index (Phi) is 4.16. The second kappa shape index (κ2) is 5.83. The summed E-state index contributed by atoms with van der Waals surface area (Å²) in [6.07, 6.45) is 0. The third-order valence-corrected chi connectivity index (χ3v) is 3.85. The van der Waals surface area contributed by atoms with Crippen LogP contribution in [0, 0.1) is 0 Å². The van der Waals surface area contributed by atoms with Crippen LogP contribution in [0.25, 0.3) is 10.2 Å². The summed E-state index contributed by atoms with van der Waals surface area (Å²) in [5.41, 5.74) is 0.834. The average molecular weight is 281 g/mol. The fraction of sp³-hybridized carbons (Fsp3) is 0.182. The van der Waals surface area contributed by atoms with Crippen LogP contribution in [0.5, 0.6) is 0 Å². The Morgan fingerprint density at radius 1 is 1.33 bits per heavy atom. The second-order valence-corrected chi connectivity index (χ2v) is 5.42. The number of thiazole rings is 1. The second-order valence-electron chi connectivity index (χ2n) is 3.40. The topological polar surface area (TPSA) is 82.1 Å². The average Bonchev–Trinajstić information content (AvgIpc) is 2.70. The number of fused-ring (bicyclic) bond motifs is 1. The monoisotopic (exact) mass is 281 g/mol. The predicted octanol–water partition coefficient (Wildman–Crippen LogP) is 0.718. The number of carboxylic acid groups (broad SMARTS) is 1. The Labute approximate surface area is 111 Å². The summed E-state index contributed by atoms with van der Waals surface area (Å²) in [6.45, 7) is 0. The summed E-state index contributed by atoms with van der Waals surface area (Å²) in [7, 11) is 0. The number of amides is 1. The van der Waals surface area contributed by atoms with Crippen LogP contribution in [0.1, 0.15) is 0 Å². The van der Waals surface area contributed by atoms with Crippen molar-refractivity contribution >= 4 is 50.3 Å². The van der Waals surface area contributed by atoms with E-state index in [1.165, 1.54) is 11.3 Å². The van der Waals surface area contributed by atoms with Crippen molar-refractivity contribution in [1.82, 2.24) is 4.98 Å². The SMILES string of the molecule is O=C([O-])CSCC(=O)Nc1nc2ccccc2s1. The smallest absolute Gasteiger partial charge is 0.236 e. The van der Waals surface area contributed by atoms with Gasteiger partial charge < -0.3 is 15.2 Å². The molecule has 94 valence electrons. The van der Waals surface area contributed by atoms with E-state index in [0.717, 1.165) is 22.0 Å². The predicted molar refractivity (Wildman–Crippen MR) is 70.6 cm³/mol. The third kappa shape index (κ3) is 3.44.